The Morgan fingerprint density at radius 2 is 1.90 bits per heavy atom. The van der Waals surface area contributed by atoms with E-state index in [1.807, 2.05) is 49.4 Å². The van der Waals surface area contributed by atoms with Crippen LogP contribution in [0, 0.1) is 6.92 Å². The Morgan fingerprint density at radius 1 is 1.10 bits per heavy atom. The molecule has 5 heteroatoms. The largest absolute Gasteiger partial charge is 0.321 e. The fourth-order valence-corrected chi connectivity index (χ4v) is 2.01. The first kappa shape index (κ1) is 13.1. The third-order valence-corrected chi connectivity index (χ3v) is 3.08. The Labute approximate surface area is 122 Å². The lowest BCUT2D eigenvalue weighted by Crippen LogP contribution is -2.13. The van der Waals surface area contributed by atoms with Crippen LogP contribution in [-0.2, 0) is 0 Å². The number of nitrogens with zero attached hydrogens (tertiary/aromatic N) is 2. The molecule has 2 N–H and O–H groups in total. The molecular formula is C16H14N4O. The average Bonchev–Trinajstić information content (AvgIpc) is 3.02. The fourth-order valence-electron chi connectivity index (χ4n) is 2.01. The summed E-state index contributed by atoms with van der Waals surface area (Å²) in [5.41, 5.74) is 3.91. The maximum absolute atomic E-state index is 12.1. The molecule has 1 amide bonds. The van der Waals surface area contributed by atoms with Crippen molar-refractivity contribution in [1.29, 1.82) is 0 Å². The van der Waals surface area contributed by atoms with E-state index < -0.39 is 0 Å². The maximum Gasteiger partial charge on any atom is 0.274 e. The SMILES string of the molecule is Cc1cccc(C(=O)Nc2ccc(-c3ccn[nH]3)cc2)n1. The molecule has 0 aliphatic heterocycles. The van der Waals surface area contributed by atoms with Gasteiger partial charge in [-0.3, -0.25) is 9.89 Å². The predicted molar refractivity (Wildman–Crippen MR) is 81.0 cm³/mol. The molecule has 104 valence electrons. The number of pyridine rings is 1. The standard InChI is InChI=1S/C16H14N4O/c1-11-3-2-4-15(18-11)16(21)19-13-7-5-12(6-8-13)14-9-10-17-20-14/h2-10H,1H3,(H,17,20)(H,19,21). The van der Waals surface area contributed by atoms with E-state index in [4.69, 9.17) is 0 Å². The Balaban J connectivity index is 1.75. The summed E-state index contributed by atoms with van der Waals surface area (Å²) in [4.78, 5) is 16.3. The van der Waals surface area contributed by atoms with Crippen LogP contribution in [0.25, 0.3) is 11.3 Å². The normalized spacial score (nSPS) is 10.3. The molecule has 2 aromatic heterocycles. The van der Waals surface area contributed by atoms with Gasteiger partial charge in [0.25, 0.3) is 5.91 Å². The highest BCUT2D eigenvalue weighted by atomic mass is 16.1. The number of rotatable bonds is 3. The van der Waals surface area contributed by atoms with Crippen molar-refractivity contribution in [3.63, 3.8) is 0 Å². The number of aryl methyl sites for hydroxylation is 1. The maximum atomic E-state index is 12.1. The minimum atomic E-state index is -0.215. The number of hydrogen-bond acceptors (Lipinski definition) is 3. The fraction of sp³-hybridized carbons (Fsp3) is 0.0625. The molecule has 0 unspecified atom stereocenters. The first-order chi connectivity index (χ1) is 10.2. The van der Waals surface area contributed by atoms with Gasteiger partial charge in [-0.05, 0) is 42.8 Å². The smallest absolute Gasteiger partial charge is 0.274 e. The van der Waals surface area contributed by atoms with Crippen molar-refractivity contribution >= 4 is 11.6 Å². The number of amides is 1. The highest BCUT2D eigenvalue weighted by Crippen LogP contribution is 2.19. The predicted octanol–water partition coefficient (Wildman–Crippen LogP) is 3.03. The number of hydrogen-bond donors (Lipinski definition) is 2. The molecule has 0 atom stereocenters. The first-order valence-electron chi connectivity index (χ1n) is 6.57. The van der Waals surface area contributed by atoms with E-state index in [0.717, 1.165) is 22.6 Å². The van der Waals surface area contributed by atoms with E-state index in [1.54, 1.807) is 12.3 Å². The summed E-state index contributed by atoms with van der Waals surface area (Å²) in [6.07, 6.45) is 1.70. The van der Waals surface area contributed by atoms with E-state index in [9.17, 15) is 4.79 Å². The van der Waals surface area contributed by atoms with Gasteiger partial charge in [0.15, 0.2) is 0 Å². The van der Waals surface area contributed by atoms with Gasteiger partial charge in [0.2, 0.25) is 0 Å². The number of aromatic amines is 1. The number of nitrogens with one attached hydrogen (secondary N) is 2. The van der Waals surface area contributed by atoms with Crippen molar-refractivity contribution in [2.75, 3.05) is 5.32 Å². The lowest BCUT2D eigenvalue weighted by atomic mass is 10.1. The van der Waals surface area contributed by atoms with Gasteiger partial charge in [0.1, 0.15) is 5.69 Å². The van der Waals surface area contributed by atoms with Gasteiger partial charge in [-0.15, -0.1) is 0 Å². The van der Waals surface area contributed by atoms with E-state index in [1.165, 1.54) is 0 Å². The highest BCUT2D eigenvalue weighted by molar-refractivity contribution is 6.02. The summed E-state index contributed by atoms with van der Waals surface area (Å²) in [6.45, 7) is 1.86. The topological polar surface area (TPSA) is 70.7 Å². The van der Waals surface area contributed by atoms with Crippen molar-refractivity contribution in [3.8, 4) is 11.3 Å². The molecule has 1 aromatic carbocycles. The molecule has 0 aliphatic carbocycles. The summed E-state index contributed by atoms with van der Waals surface area (Å²) in [6, 6.07) is 14.8. The second-order valence-corrected chi connectivity index (χ2v) is 4.67. The van der Waals surface area contributed by atoms with Crippen molar-refractivity contribution in [2.45, 2.75) is 6.92 Å². The Morgan fingerprint density at radius 3 is 2.57 bits per heavy atom. The molecule has 3 aromatic rings. The number of aromatic nitrogens is 3. The summed E-state index contributed by atoms with van der Waals surface area (Å²) in [7, 11) is 0. The van der Waals surface area contributed by atoms with Crippen LogP contribution in [0.4, 0.5) is 5.69 Å². The molecular weight excluding hydrogens is 264 g/mol. The zero-order valence-electron chi connectivity index (χ0n) is 11.5. The molecule has 21 heavy (non-hydrogen) atoms. The number of H-pyrrole nitrogens is 1. The lowest BCUT2D eigenvalue weighted by Gasteiger charge is -2.06. The van der Waals surface area contributed by atoms with Gasteiger partial charge in [-0.1, -0.05) is 18.2 Å². The number of benzene rings is 1. The van der Waals surface area contributed by atoms with Gasteiger partial charge in [0.05, 0.1) is 5.69 Å². The van der Waals surface area contributed by atoms with Crippen LogP contribution in [0.2, 0.25) is 0 Å². The molecule has 0 spiro atoms. The van der Waals surface area contributed by atoms with Crippen molar-refractivity contribution in [1.82, 2.24) is 15.2 Å². The summed E-state index contributed by atoms with van der Waals surface area (Å²) >= 11 is 0. The van der Waals surface area contributed by atoms with Gasteiger partial charge < -0.3 is 5.32 Å². The minimum absolute atomic E-state index is 0.215. The van der Waals surface area contributed by atoms with Crippen molar-refractivity contribution in [3.05, 3.63) is 66.1 Å². The molecule has 0 aliphatic rings. The first-order valence-corrected chi connectivity index (χ1v) is 6.57. The average molecular weight is 278 g/mol. The van der Waals surface area contributed by atoms with Crippen LogP contribution in [0.3, 0.4) is 0 Å². The van der Waals surface area contributed by atoms with Gasteiger partial charge >= 0.3 is 0 Å². The van der Waals surface area contributed by atoms with E-state index in [2.05, 4.69) is 20.5 Å². The zero-order valence-corrected chi connectivity index (χ0v) is 11.5. The van der Waals surface area contributed by atoms with Gasteiger partial charge in [-0.25, -0.2) is 4.98 Å². The lowest BCUT2D eigenvalue weighted by molar-refractivity contribution is 0.102. The number of anilines is 1. The zero-order chi connectivity index (χ0) is 14.7. The van der Waals surface area contributed by atoms with Crippen LogP contribution in [0.1, 0.15) is 16.2 Å². The molecule has 0 bridgehead atoms. The van der Waals surface area contributed by atoms with Crippen molar-refractivity contribution in [2.24, 2.45) is 0 Å². The van der Waals surface area contributed by atoms with Crippen LogP contribution in [0.15, 0.2) is 54.7 Å². The minimum Gasteiger partial charge on any atom is -0.321 e. The third kappa shape index (κ3) is 2.97. The number of carbonyl (C=O) groups is 1. The molecule has 0 saturated heterocycles. The van der Waals surface area contributed by atoms with Crippen LogP contribution in [-0.4, -0.2) is 21.1 Å². The molecule has 0 fully saturated rings. The van der Waals surface area contributed by atoms with E-state index >= 15 is 0 Å². The Bertz CT molecular complexity index is 748. The molecule has 0 radical (unpaired) electrons. The summed E-state index contributed by atoms with van der Waals surface area (Å²) in [5, 5.41) is 9.64. The van der Waals surface area contributed by atoms with Gasteiger partial charge in [-0.2, -0.15) is 5.10 Å². The Kier molecular flexibility index (Phi) is 3.47. The molecule has 3 rings (SSSR count). The van der Waals surface area contributed by atoms with Crippen LogP contribution >= 0.6 is 0 Å². The molecule has 0 saturated carbocycles. The second kappa shape index (κ2) is 5.58. The van der Waals surface area contributed by atoms with Crippen LogP contribution in [0.5, 0.6) is 0 Å². The molecule has 5 nitrogen and oxygen atoms in total. The Hall–Kier alpha value is -2.95. The van der Waals surface area contributed by atoms with Crippen LogP contribution < -0.4 is 5.32 Å². The van der Waals surface area contributed by atoms with Crippen molar-refractivity contribution < 1.29 is 4.79 Å². The summed E-state index contributed by atoms with van der Waals surface area (Å²) in [5.74, 6) is -0.215. The molecule has 2 heterocycles. The second-order valence-electron chi connectivity index (χ2n) is 4.67. The van der Waals surface area contributed by atoms with E-state index in [-0.39, 0.29) is 5.91 Å². The quantitative estimate of drug-likeness (QED) is 0.773. The summed E-state index contributed by atoms with van der Waals surface area (Å²) < 4.78 is 0. The number of carbonyl (C=O) groups excluding carboxylic acids is 1. The monoisotopic (exact) mass is 278 g/mol. The van der Waals surface area contributed by atoms with E-state index in [0.29, 0.717) is 5.69 Å². The highest BCUT2D eigenvalue weighted by Gasteiger charge is 2.07. The third-order valence-electron chi connectivity index (χ3n) is 3.08. The van der Waals surface area contributed by atoms with Gasteiger partial charge in [0, 0.05) is 17.6 Å².